The summed E-state index contributed by atoms with van der Waals surface area (Å²) in [6.45, 7) is 0. The Morgan fingerprint density at radius 1 is 1.50 bits per heavy atom. The second-order valence-corrected chi connectivity index (χ2v) is 0.766. The van der Waals surface area contributed by atoms with E-state index in [-0.39, 0.29) is 6.29 Å². The summed E-state index contributed by atoms with van der Waals surface area (Å²) in [6, 6.07) is 0. The molecule has 0 bridgehead atoms. The van der Waals surface area contributed by atoms with Crippen molar-refractivity contribution in [3.63, 3.8) is 0 Å². The summed E-state index contributed by atoms with van der Waals surface area (Å²) in [6.07, 6.45) is 0.0833. The zero-order valence-corrected chi connectivity index (χ0v) is 2.15. The van der Waals surface area contributed by atoms with Gasteiger partial charge in [0.1, 0.15) is 6.29 Å². The quantitative estimate of drug-likeness (QED) is 0.292. The fourth-order valence-corrected chi connectivity index (χ4v) is 0.0481. The summed E-state index contributed by atoms with van der Waals surface area (Å²) < 4.78 is 0. The van der Waals surface area contributed by atoms with E-state index in [0.717, 1.165) is 0 Å². The van der Waals surface area contributed by atoms with Gasteiger partial charge in [0, 0.05) is 0 Å². The van der Waals surface area contributed by atoms with Gasteiger partial charge in [-0.3, -0.25) is 0 Å². The maximum atomic E-state index is 5.00. The normalized spacial score (nSPS) is 26.2. The molecule has 0 saturated carbocycles. The van der Waals surface area contributed by atoms with E-state index in [9.17, 15) is 0 Å². The molecule has 0 aromatic carbocycles. The third-order valence-electron chi connectivity index (χ3n) is 0.311. The van der Waals surface area contributed by atoms with Crippen molar-refractivity contribution in [3.05, 3.63) is 0 Å². The Balaban J connectivity index is 2.17. The first kappa shape index (κ1) is 2.14. The van der Waals surface area contributed by atoms with Crippen LogP contribution in [0, 0.1) is 0 Å². The molecule has 1 aliphatic rings. The minimum Gasteiger partial charge on any atom is -0.302 e. The molecule has 0 atom stereocenters. The van der Waals surface area contributed by atoms with Crippen molar-refractivity contribution in [2.24, 2.45) is 5.73 Å². The zero-order chi connectivity index (χ0) is 2.99. The number of hydrogen-bond donors (Lipinski definition) is 3. The van der Waals surface area contributed by atoms with Crippen LogP contribution in [0.4, 0.5) is 0 Å². The average molecular weight is 59.1 g/mol. The van der Waals surface area contributed by atoms with E-state index < -0.39 is 0 Å². The molecule has 0 amide bonds. The van der Waals surface area contributed by atoms with Crippen LogP contribution in [0.5, 0.6) is 0 Å². The van der Waals surface area contributed by atoms with E-state index in [1.807, 2.05) is 0 Å². The van der Waals surface area contributed by atoms with E-state index in [2.05, 4.69) is 10.9 Å². The molecule has 1 saturated heterocycles. The summed E-state index contributed by atoms with van der Waals surface area (Å²) in [5, 5.41) is 0. The Morgan fingerprint density at radius 2 is 1.75 bits per heavy atom. The molecule has 0 unspecified atom stereocenters. The van der Waals surface area contributed by atoms with Crippen LogP contribution in [-0.2, 0) is 0 Å². The van der Waals surface area contributed by atoms with E-state index in [4.69, 9.17) is 5.73 Å². The van der Waals surface area contributed by atoms with Gasteiger partial charge < -0.3 is 5.73 Å². The summed E-state index contributed by atoms with van der Waals surface area (Å²) in [7, 11) is 0. The van der Waals surface area contributed by atoms with Crippen molar-refractivity contribution in [2.45, 2.75) is 6.29 Å². The van der Waals surface area contributed by atoms with Crippen molar-refractivity contribution in [1.29, 1.82) is 0 Å². The summed E-state index contributed by atoms with van der Waals surface area (Å²) >= 11 is 0. The van der Waals surface area contributed by atoms with Crippen LogP contribution in [0.2, 0.25) is 0 Å². The molecule has 24 valence electrons. The molecule has 3 nitrogen and oxygen atoms in total. The molecule has 4 heavy (non-hydrogen) atoms. The van der Waals surface area contributed by atoms with Crippen LogP contribution >= 0.6 is 0 Å². The van der Waals surface area contributed by atoms with Gasteiger partial charge in [-0.15, -0.1) is 0 Å². The standard InChI is InChI=1S/CH5N3/c2-1-3-4-1/h1,3-4H,2H2. The fourth-order valence-electron chi connectivity index (χ4n) is 0.0481. The van der Waals surface area contributed by atoms with Crippen molar-refractivity contribution in [3.8, 4) is 0 Å². The predicted octanol–water partition coefficient (Wildman–Crippen LogP) is -1.66. The first-order valence-corrected chi connectivity index (χ1v) is 1.16. The Kier molecular flexibility index (Phi) is 0.228. The fraction of sp³-hybridized carbons (Fsp3) is 1.00. The van der Waals surface area contributed by atoms with Crippen LogP contribution in [0.3, 0.4) is 0 Å². The van der Waals surface area contributed by atoms with Crippen LogP contribution in [0.25, 0.3) is 0 Å². The van der Waals surface area contributed by atoms with Gasteiger partial charge in [-0.25, -0.2) is 10.9 Å². The smallest absolute Gasteiger partial charge is 0.134 e. The molecule has 1 aliphatic heterocycles. The lowest BCUT2D eigenvalue weighted by molar-refractivity contribution is 1.01. The van der Waals surface area contributed by atoms with Crippen molar-refractivity contribution in [2.75, 3.05) is 0 Å². The van der Waals surface area contributed by atoms with Gasteiger partial charge in [0.05, 0.1) is 0 Å². The van der Waals surface area contributed by atoms with Gasteiger partial charge >= 0.3 is 0 Å². The molecule has 0 aromatic rings. The largest absolute Gasteiger partial charge is 0.302 e. The number of nitrogens with one attached hydrogen (secondary N) is 2. The Labute approximate surface area is 24.1 Å². The van der Waals surface area contributed by atoms with Crippen LogP contribution in [0.15, 0.2) is 0 Å². The van der Waals surface area contributed by atoms with Gasteiger partial charge in [0.25, 0.3) is 0 Å². The van der Waals surface area contributed by atoms with E-state index >= 15 is 0 Å². The first-order valence-electron chi connectivity index (χ1n) is 1.16. The minimum atomic E-state index is 0.0833. The number of hydrazine groups is 1. The SMILES string of the molecule is NC1NN1. The van der Waals surface area contributed by atoms with Crippen molar-refractivity contribution in [1.82, 2.24) is 10.9 Å². The molecule has 1 rings (SSSR count). The van der Waals surface area contributed by atoms with Gasteiger partial charge in [-0.1, -0.05) is 0 Å². The lowest BCUT2D eigenvalue weighted by Gasteiger charge is -1.54. The third-order valence-corrected chi connectivity index (χ3v) is 0.311. The number of rotatable bonds is 0. The molecular formula is CH5N3. The first-order chi connectivity index (χ1) is 1.89. The molecular weight excluding hydrogens is 54.0 g/mol. The second kappa shape index (κ2) is 0.427. The topological polar surface area (TPSA) is 69.9 Å². The van der Waals surface area contributed by atoms with E-state index in [1.165, 1.54) is 0 Å². The Bertz CT molecular complexity index is 22.5. The van der Waals surface area contributed by atoms with Gasteiger partial charge in [-0.05, 0) is 0 Å². The predicted molar refractivity (Wildman–Crippen MR) is 14.2 cm³/mol. The molecule has 0 radical (unpaired) electrons. The lowest BCUT2D eigenvalue weighted by Crippen LogP contribution is -2.04. The van der Waals surface area contributed by atoms with Gasteiger partial charge in [0.15, 0.2) is 0 Å². The zero-order valence-electron chi connectivity index (χ0n) is 2.15. The molecule has 1 heterocycles. The summed E-state index contributed by atoms with van der Waals surface area (Å²) in [4.78, 5) is 0. The molecule has 0 aliphatic carbocycles. The number of nitrogens with two attached hydrogens (primary N) is 1. The Morgan fingerprint density at radius 3 is 1.75 bits per heavy atom. The highest BCUT2D eigenvalue weighted by atomic mass is 15.7. The number of hydrogen-bond acceptors (Lipinski definition) is 3. The Hall–Kier alpha value is -0.120. The molecule has 4 N–H and O–H groups in total. The van der Waals surface area contributed by atoms with Crippen molar-refractivity contribution >= 4 is 0 Å². The van der Waals surface area contributed by atoms with Crippen LogP contribution in [-0.4, -0.2) is 6.29 Å². The maximum absolute atomic E-state index is 5.00. The van der Waals surface area contributed by atoms with Crippen LogP contribution < -0.4 is 16.6 Å². The van der Waals surface area contributed by atoms with Gasteiger partial charge in [-0.2, -0.15) is 0 Å². The third kappa shape index (κ3) is 0.176. The van der Waals surface area contributed by atoms with Crippen molar-refractivity contribution < 1.29 is 0 Å². The summed E-state index contributed by atoms with van der Waals surface area (Å²) in [5.41, 5.74) is 10.2. The molecule has 3 heteroatoms. The molecule has 1 fully saturated rings. The second-order valence-electron chi connectivity index (χ2n) is 0.766. The maximum Gasteiger partial charge on any atom is 0.134 e. The van der Waals surface area contributed by atoms with Gasteiger partial charge in [0.2, 0.25) is 0 Å². The van der Waals surface area contributed by atoms with E-state index in [0.29, 0.717) is 0 Å². The summed E-state index contributed by atoms with van der Waals surface area (Å²) in [5.74, 6) is 0. The highest BCUT2D eigenvalue weighted by molar-refractivity contribution is 4.58. The monoisotopic (exact) mass is 59.0 g/mol. The molecule has 0 spiro atoms. The lowest BCUT2D eigenvalue weighted by atomic mass is 11.1. The minimum absolute atomic E-state index is 0.0833. The average Bonchev–Trinajstić information content (AvgIpc) is 1.75. The molecule has 0 aromatic heterocycles. The highest BCUT2D eigenvalue weighted by Gasteiger charge is 2.08. The van der Waals surface area contributed by atoms with E-state index in [1.54, 1.807) is 0 Å². The van der Waals surface area contributed by atoms with Crippen LogP contribution in [0.1, 0.15) is 0 Å². The highest BCUT2D eigenvalue weighted by Crippen LogP contribution is 1.65.